The van der Waals surface area contributed by atoms with Crippen LogP contribution >= 0.6 is 0 Å². The molecule has 0 saturated carbocycles. The maximum absolute atomic E-state index is 15.3. The number of aromatic nitrogens is 2. The quantitative estimate of drug-likeness (QED) is 0.362. The zero-order valence-corrected chi connectivity index (χ0v) is 23.9. The highest BCUT2D eigenvalue weighted by Crippen LogP contribution is 2.36. The largest absolute Gasteiger partial charge is 0.490 e. The Kier molecular flexibility index (Phi) is 7.32. The number of aldehydes is 1. The molecule has 8 nitrogen and oxygen atoms in total. The number of rotatable bonds is 6. The number of carbonyl (C=O) groups excluding carboxylic acids is 2. The van der Waals surface area contributed by atoms with Crippen LogP contribution in [0.1, 0.15) is 68.6 Å². The van der Waals surface area contributed by atoms with Crippen LogP contribution in [0.25, 0.3) is 11.1 Å². The smallest absolute Gasteiger partial charge is 0.410 e. The molecule has 0 bridgehead atoms. The van der Waals surface area contributed by atoms with Gasteiger partial charge in [-0.05, 0) is 74.6 Å². The van der Waals surface area contributed by atoms with Gasteiger partial charge >= 0.3 is 6.09 Å². The van der Waals surface area contributed by atoms with Gasteiger partial charge in [0.2, 0.25) is 0 Å². The summed E-state index contributed by atoms with van der Waals surface area (Å²) < 4.78 is 29.1. The fraction of sp³-hybridized carbons (Fsp3) is 0.469. The first-order valence-electron chi connectivity index (χ1n) is 14.5. The van der Waals surface area contributed by atoms with E-state index in [4.69, 9.17) is 9.47 Å². The van der Waals surface area contributed by atoms with E-state index in [2.05, 4.69) is 9.55 Å². The van der Waals surface area contributed by atoms with Crippen molar-refractivity contribution >= 4 is 12.4 Å². The molecule has 9 heteroatoms. The van der Waals surface area contributed by atoms with Crippen molar-refractivity contribution in [2.24, 2.45) is 0 Å². The second-order valence-corrected chi connectivity index (χ2v) is 12.3. The van der Waals surface area contributed by atoms with Crippen molar-refractivity contribution in [1.29, 1.82) is 0 Å². The molecule has 1 amide bonds. The summed E-state index contributed by atoms with van der Waals surface area (Å²) in [5, 5.41) is 0. The van der Waals surface area contributed by atoms with E-state index in [0.717, 1.165) is 72.3 Å². The summed E-state index contributed by atoms with van der Waals surface area (Å²) in [5.41, 5.74) is 4.66. The van der Waals surface area contributed by atoms with Crippen LogP contribution in [0.15, 0.2) is 42.7 Å². The Labute approximate surface area is 240 Å². The first kappa shape index (κ1) is 27.4. The van der Waals surface area contributed by atoms with E-state index in [9.17, 15) is 9.59 Å². The number of imidazole rings is 1. The lowest BCUT2D eigenvalue weighted by Gasteiger charge is -2.33. The molecule has 6 rings (SSSR count). The van der Waals surface area contributed by atoms with E-state index >= 15 is 4.39 Å². The monoisotopic (exact) mass is 560 g/mol. The van der Waals surface area contributed by atoms with Crippen LogP contribution in [0.2, 0.25) is 0 Å². The van der Waals surface area contributed by atoms with Gasteiger partial charge in [0.15, 0.2) is 0 Å². The number of likely N-dealkylation sites (tertiary alicyclic amines) is 1. The predicted octanol–water partition coefficient (Wildman–Crippen LogP) is 5.67. The number of fused-ring (bicyclic) bond motifs is 2. The number of aryl methyl sites for hydroxylation is 1. The normalized spacial score (nSPS) is 18.2. The van der Waals surface area contributed by atoms with E-state index in [1.54, 1.807) is 11.0 Å². The minimum atomic E-state index is -0.508. The number of hydrogen-bond acceptors (Lipinski definition) is 6. The second-order valence-electron chi connectivity index (χ2n) is 12.3. The predicted molar refractivity (Wildman–Crippen MR) is 152 cm³/mol. The number of benzene rings is 2. The Morgan fingerprint density at radius 1 is 1.07 bits per heavy atom. The molecular weight excluding hydrogens is 523 g/mol. The summed E-state index contributed by atoms with van der Waals surface area (Å²) in [6.45, 7) is 8.61. The Hall–Kier alpha value is -3.72. The van der Waals surface area contributed by atoms with Gasteiger partial charge in [-0.1, -0.05) is 12.1 Å². The molecule has 0 radical (unpaired) electrons. The topological polar surface area (TPSA) is 76.9 Å². The van der Waals surface area contributed by atoms with Crippen molar-refractivity contribution in [3.8, 4) is 16.9 Å². The molecule has 4 heterocycles. The molecule has 41 heavy (non-hydrogen) atoms. The molecule has 1 fully saturated rings. The Morgan fingerprint density at radius 3 is 2.54 bits per heavy atom. The van der Waals surface area contributed by atoms with Gasteiger partial charge in [0.25, 0.3) is 0 Å². The third-order valence-corrected chi connectivity index (χ3v) is 8.20. The number of hydrogen-bond donors (Lipinski definition) is 0. The lowest BCUT2D eigenvalue weighted by Crippen LogP contribution is -2.44. The Balaban J connectivity index is 1.09. The second kappa shape index (κ2) is 10.9. The molecule has 1 atom stereocenters. The number of carbonyl (C=O) groups is 2. The van der Waals surface area contributed by atoms with Gasteiger partial charge in [-0.25, -0.2) is 14.2 Å². The molecule has 0 N–H and O–H groups in total. The van der Waals surface area contributed by atoms with E-state index < -0.39 is 11.6 Å². The highest BCUT2D eigenvalue weighted by molar-refractivity contribution is 5.68. The summed E-state index contributed by atoms with van der Waals surface area (Å²) in [6, 6.07) is 10.8. The van der Waals surface area contributed by atoms with Crippen molar-refractivity contribution in [2.45, 2.75) is 83.8 Å². The first-order chi connectivity index (χ1) is 19.7. The fourth-order valence-electron chi connectivity index (χ4n) is 6.13. The molecule has 3 aliphatic heterocycles. The maximum Gasteiger partial charge on any atom is 0.410 e. The fourth-order valence-corrected chi connectivity index (χ4v) is 6.13. The summed E-state index contributed by atoms with van der Waals surface area (Å²) in [7, 11) is 0. The van der Waals surface area contributed by atoms with Crippen LogP contribution in [0.3, 0.4) is 0 Å². The lowest BCUT2D eigenvalue weighted by atomic mass is 10.00. The molecule has 3 aliphatic rings. The van der Waals surface area contributed by atoms with Crippen LogP contribution in [0.5, 0.6) is 5.75 Å². The Morgan fingerprint density at radius 2 is 1.83 bits per heavy atom. The molecule has 1 saturated heterocycles. The summed E-state index contributed by atoms with van der Waals surface area (Å²) in [6.07, 6.45) is 5.94. The third kappa shape index (κ3) is 5.73. The van der Waals surface area contributed by atoms with Gasteiger partial charge in [-0.2, -0.15) is 0 Å². The molecule has 3 aromatic rings. The van der Waals surface area contributed by atoms with Crippen molar-refractivity contribution in [3.63, 3.8) is 0 Å². The van der Waals surface area contributed by atoms with E-state index in [-0.39, 0.29) is 18.0 Å². The van der Waals surface area contributed by atoms with Gasteiger partial charge in [0, 0.05) is 56.8 Å². The van der Waals surface area contributed by atoms with Gasteiger partial charge in [0.1, 0.15) is 35.6 Å². The first-order valence-corrected chi connectivity index (χ1v) is 14.5. The van der Waals surface area contributed by atoms with Gasteiger partial charge in [0.05, 0.1) is 12.0 Å². The maximum atomic E-state index is 15.3. The van der Waals surface area contributed by atoms with Gasteiger partial charge < -0.3 is 23.7 Å². The number of nitrogens with zero attached hydrogens (tertiary/aromatic N) is 4. The molecule has 1 unspecified atom stereocenters. The van der Waals surface area contributed by atoms with Crippen LogP contribution < -0.4 is 4.74 Å². The Bertz CT molecular complexity index is 1440. The van der Waals surface area contributed by atoms with Gasteiger partial charge in [-0.3, -0.25) is 4.90 Å². The highest BCUT2D eigenvalue weighted by atomic mass is 19.1. The molecule has 0 aliphatic carbocycles. The summed E-state index contributed by atoms with van der Waals surface area (Å²) in [5.74, 6) is 0.496. The van der Waals surface area contributed by atoms with E-state index in [1.807, 2.05) is 62.3 Å². The minimum Gasteiger partial charge on any atom is -0.490 e. The molecule has 0 spiro atoms. The average Bonchev–Trinajstić information content (AvgIpc) is 3.66. The molecule has 2 aromatic carbocycles. The van der Waals surface area contributed by atoms with Gasteiger partial charge in [-0.15, -0.1) is 0 Å². The molecule has 1 aromatic heterocycles. The van der Waals surface area contributed by atoms with Crippen molar-refractivity contribution in [1.82, 2.24) is 19.4 Å². The van der Waals surface area contributed by atoms with Crippen LogP contribution in [0.4, 0.5) is 9.18 Å². The van der Waals surface area contributed by atoms with E-state index in [0.29, 0.717) is 31.7 Å². The lowest BCUT2D eigenvalue weighted by molar-refractivity contribution is -0.113. The van der Waals surface area contributed by atoms with Crippen molar-refractivity contribution < 1.29 is 23.5 Å². The summed E-state index contributed by atoms with van der Waals surface area (Å²) >= 11 is 0. The molecular formula is C32H37FN4O4. The SMILES string of the molecule is CC(C)(C)OC(=O)N1CCC(Oc2ccc(-c3cc(F)c4c(c3)CN(C(C=O)c3ncn5c3CCC5)C4)cc2)CC1. The standard InChI is InChI=1S/C32H37FN4O4/c1-32(2,3)41-31(39)35-13-10-25(11-14-35)40-24-8-6-21(7-9-24)22-15-23-17-37(18-26(23)27(33)16-22)29(19-38)30-28-5-4-12-36(28)20-34-30/h6-9,15-16,19-20,25,29H,4-5,10-14,17-18H2,1-3H3. The van der Waals surface area contributed by atoms with Crippen molar-refractivity contribution in [3.05, 3.63) is 71.1 Å². The zero-order valence-electron chi connectivity index (χ0n) is 23.9. The van der Waals surface area contributed by atoms with Crippen molar-refractivity contribution in [2.75, 3.05) is 13.1 Å². The average molecular weight is 561 g/mol. The molecule has 216 valence electrons. The zero-order chi connectivity index (χ0) is 28.7. The summed E-state index contributed by atoms with van der Waals surface area (Å²) in [4.78, 5) is 32.8. The number of piperidine rings is 1. The minimum absolute atomic E-state index is 0.0188. The number of halogens is 1. The van der Waals surface area contributed by atoms with Crippen LogP contribution in [-0.2, 0) is 35.6 Å². The van der Waals surface area contributed by atoms with Crippen LogP contribution in [-0.4, -0.2) is 56.5 Å². The third-order valence-electron chi connectivity index (χ3n) is 8.20. The number of ether oxygens (including phenoxy) is 2. The van der Waals surface area contributed by atoms with Crippen LogP contribution in [0, 0.1) is 5.82 Å². The highest BCUT2D eigenvalue weighted by Gasteiger charge is 2.33. The van der Waals surface area contributed by atoms with E-state index in [1.165, 1.54) is 0 Å². The number of amides is 1.